The molecule has 1 fully saturated rings. The Morgan fingerprint density at radius 2 is 1.94 bits per heavy atom. The van der Waals surface area contributed by atoms with Crippen LogP contribution in [0.25, 0.3) is 0 Å². The van der Waals surface area contributed by atoms with E-state index in [9.17, 15) is 5.11 Å². The van der Waals surface area contributed by atoms with Crippen molar-refractivity contribution in [1.29, 1.82) is 0 Å². The fourth-order valence-corrected chi connectivity index (χ4v) is 2.63. The summed E-state index contributed by atoms with van der Waals surface area (Å²) in [5.74, 6) is 0. The third-order valence-corrected chi connectivity index (χ3v) is 3.75. The number of aliphatic hydroxyl groups is 1. The monoisotopic (exact) mass is 257 g/mol. The predicted octanol–water partition coefficient (Wildman–Crippen LogP) is 2.82. The Bertz CT molecular complexity index is 197. The van der Waals surface area contributed by atoms with Gasteiger partial charge in [-0.25, -0.2) is 0 Å². The molecule has 0 saturated carbocycles. The predicted molar refractivity (Wildman–Crippen MR) is 75.9 cm³/mol. The minimum Gasteiger partial charge on any atom is -0.390 e. The van der Waals surface area contributed by atoms with Crippen LogP contribution < -0.4 is 0 Å². The number of morpholine rings is 1. The number of hydrogen-bond donors (Lipinski definition) is 1. The molecule has 2 unspecified atom stereocenters. The lowest BCUT2D eigenvalue weighted by Crippen LogP contribution is -2.47. The van der Waals surface area contributed by atoms with Gasteiger partial charge in [0.2, 0.25) is 0 Å². The number of unbranched alkanes of at least 4 members (excludes halogenated alkanes) is 4. The molecule has 1 aliphatic heterocycles. The van der Waals surface area contributed by atoms with Gasteiger partial charge in [-0.2, -0.15) is 0 Å². The lowest BCUT2D eigenvalue weighted by atomic mass is 10.0. The molecule has 3 heteroatoms. The van der Waals surface area contributed by atoms with Crippen LogP contribution >= 0.6 is 0 Å². The van der Waals surface area contributed by atoms with Crippen molar-refractivity contribution in [2.24, 2.45) is 0 Å². The molecule has 108 valence electrons. The maximum Gasteiger partial charge on any atom is 0.0960 e. The number of hydrogen-bond acceptors (Lipinski definition) is 3. The van der Waals surface area contributed by atoms with E-state index in [-0.39, 0.29) is 12.2 Å². The molecule has 0 aliphatic carbocycles. The zero-order valence-electron chi connectivity index (χ0n) is 12.2. The molecule has 2 atom stereocenters. The summed E-state index contributed by atoms with van der Waals surface area (Å²) in [4.78, 5) is 2.41. The van der Waals surface area contributed by atoms with Gasteiger partial charge in [-0.1, -0.05) is 46.0 Å². The lowest BCUT2D eigenvalue weighted by Gasteiger charge is -2.35. The highest BCUT2D eigenvalue weighted by Gasteiger charge is 2.25. The SMILES string of the molecule is CCCCCCCC(O)C1CN(CCC)CCO1. The van der Waals surface area contributed by atoms with Crippen LogP contribution in [0.4, 0.5) is 0 Å². The van der Waals surface area contributed by atoms with Gasteiger partial charge in [0.05, 0.1) is 18.8 Å². The number of nitrogens with zero attached hydrogens (tertiary/aromatic N) is 1. The summed E-state index contributed by atoms with van der Waals surface area (Å²) in [6.45, 7) is 8.26. The third-order valence-electron chi connectivity index (χ3n) is 3.75. The van der Waals surface area contributed by atoms with Gasteiger partial charge >= 0.3 is 0 Å². The standard InChI is InChI=1S/C15H31NO2/c1-3-5-6-7-8-9-14(17)15-13-16(10-4-2)11-12-18-15/h14-15,17H,3-13H2,1-2H3. The van der Waals surface area contributed by atoms with Crippen molar-refractivity contribution in [2.45, 2.75) is 71.0 Å². The zero-order valence-corrected chi connectivity index (χ0v) is 12.2. The molecule has 0 amide bonds. The van der Waals surface area contributed by atoms with Crippen LogP contribution in [0.2, 0.25) is 0 Å². The number of ether oxygens (including phenoxy) is 1. The van der Waals surface area contributed by atoms with Gasteiger partial charge in [0.25, 0.3) is 0 Å². The molecule has 1 heterocycles. The Kier molecular flexibility index (Phi) is 8.64. The first kappa shape index (κ1) is 15.9. The van der Waals surface area contributed by atoms with E-state index in [0.29, 0.717) is 0 Å². The molecule has 3 nitrogen and oxygen atoms in total. The van der Waals surface area contributed by atoms with Crippen LogP contribution in [0.15, 0.2) is 0 Å². The third kappa shape index (κ3) is 6.17. The van der Waals surface area contributed by atoms with Crippen LogP contribution in [-0.4, -0.2) is 48.5 Å². The summed E-state index contributed by atoms with van der Waals surface area (Å²) in [6.07, 6.45) is 8.12. The van der Waals surface area contributed by atoms with Gasteiger partial charge in [-0.05, 0) is 19.4 Å². The van der Waals surface area contributed by atoms with Crippen LogP contribution in [0.3, 0.4) is 0 Å². The summed E-state index contributed by atoms with van der Waals surface area (Å²) in [6, 6.07) is 0. The quantitative estimate of drug-likeness (QED) is 0.645. The highest BCUT2D eigenvalue weighted by atomic mass is 16.5. The zero-order chi connectivity index (χ0) is 13.2. The van der Waals surface area contributed by atoms with Crippen molar-refractivity contribution < 1.29 is 9.84 Å². The fraction of sp³-hybridized carbons (Fsp3) is 1.00. The lowest BCUT2D eigenvalue weighted by molar-refractivity contribution is -0.0906. The molecule has 0 bridgehead atoms. The van der Waals surface area contributed by atoms with Gasteiger partial charge in [0.1, 0.15) is 0 Å². The normalized spacial score (nSPS) is 23.2. The molecule has 0 radical (unpaired) electrons. The Labute approximate surface area is 113 Å². The van der Waals surface area contributed by atoms with E-state index in [4.69, 9.17) is 4.74 Å². The Morgan fingerprint density at radius 1 is 1.17 bits per heavy atom. The minimum atomic E-state index is -0.272. The van der Waals surface area contributed by atoms with E-state index in [1.807, 2.05) is 0 Å². The second-order valence-corrected chi connectivity index (χ2v) is 5.48. The molecule has 1 rings (SSSR count). The average molecular weight is 257 g/mol. The van der Waals surface area contributed by atoms with Gasteiger partial charge < -0.3 is 9.84 Å². The van der Waals surface area contributed by atoms with Crippen molar-refractivity contribution in [3.8, 4) is 0 Å². The highest BCUT2D eigenvalue weighted by Crippen LogP contribution is 2.15. The van der Waals surface area contributed by atoms with Crippen LogP contribution in [-0.2, 0) is 4.74 Å². The van der Waals surface area contributed by atoms with Crippen LogP contribution in [0.5, 0.6) is 0 Å². The minimum absolute atomic E-state index is 0.0384. The number of rotatable bonds is 9. The summed E-state index contributed by atoms with van der Waals surface area (Å²) in [5.41, 5.74) is 0. The maximum absolute atomic E-state index is 10.2. The second-order valence-electron chi connectivity index (χ2n) is 5.48. The molecule has 0 spiro atoms. The summed E-state index contributed by atoms with van der Waals surface area (Å²) >= 11 is 0. The molecule has 0 aromatic carbocycles. The molecule has 1 N–H and O–H groups in total. The van der Waals surface area contributed by atoms with E-state index in [1.165, 1.54) is 32.1 Å². The molecule has 1 saturated heterocycles. The first-order valence-electron chi connectivity index (χ1n) is 7.80. The van der Waals surface area contributed by atoms with Gasteiger partial charge in [-0.15, -0.1) is 0 Å². The summed E-state index contributed by atoms with van der Waals surface area (Å²) in [7, 11) is 0. The summed E-state index contributed by atoms with van der Waals surface area (Å²) in [5, 5.41) is 10.2. The average Bonchev–Trinajstić information content (AvgIpc) is 2.39. The van der Waals surface area contributed by atoms with Crippen molar-refractivity contribution >= 4 is 0 Å². The molecular formula is C15H31NO2. The first-order chi connectivity index (χ1) is 8.77. The van der Waals surface area contributed by atoms with Gasteiger partial charge in [0, 0.05) is 13.1 Å². The van der Waals surface area contributed by atoms with E-state index >= 15 is 0 Å². The van der Waals surface area contributed by atoms with Crippen molar-refractivity contribution in [3.05, 3.63) is 0 Å². The van der Waals surface area contributed by atoms with Crippen molar-refractivity contribution in [2.75, 3.05) is 26.2 Å². The van der Waals surface area contributed by atoms with Crippen LogP contribution in [0, 0.1) is 0 Å². The van der Waals surface area contributed by atoms with E-state index in [2.05, 4.69) is 18.7 Å². The maximum atomic E-state index is 10.2. The van der Waals surface area contributed by atoms with Gasteiger partial charge in [0.15, 0.2) is 0 Å². The van der Waals surface area contributed by atoms with E-state index in [0.717, 1.165) is 39.1 Å². The molecule has 18 heavy (non-hydrogen) atoms. The van der Waals surface area contributed by atoms with E-state index in [1.54, 1.807) is 0 Å². The Balaban J connectivity index is 2.13. The van der Waals surface area contributed by atoms with Crippen molar-refractivity contribution in [1.82, 2.24) is 4.90 Å². The Hall–Kier alpha value is -0.120. The topological polar surface area (TPSA) is 32.7 Å². The largest absolute Gasteiger partial charge is 0.390 e. The van der Waals surface area contributed by atoms with E-state index < -0.39 is 0 Å². The molecular weight excluding hydrogens is 226 g/mol. The highest BCUT2D eigenvalue weighted by molar-refractivity contribution is 4.77. The number of aliphatic hydroxyl groups excluding tert-OH is 1. The molecule has 0 aromatic heterocycles. The first-order valence-corrected chi connectivity index (χ1v) is 7.80. The molecule has 0 aromatic rings. The second kappa shape index (κ2) is 9.76. The smallest absolute Gasteiger partial charge is 0.0960 e. The Morgan fingerprint density at radius 3 is 2.67 bits per heavy atom. The fourth-order valence-electron chi connectivity index (χ4n) is 2.63. The van der Waals surface area contributed by atoms with Crippen LogP contribution in [0.1, 0.15) is 58.8 Å². The summed E-state index contributed by atoms with van der Waals surface area (Å²) < 4.78 is 5.70. The molecule has 1 aliphatic rings. The van der Waals surface area contributed by atoms with Crippen molar-refractivity contribution in [3.63, 3.8) is 0 Å². The van der Waals surface area contributed by atoms with Gasteiger partial charge in [-0.3, -0.25) is 4.90 Å².